The topological polar surface area (TPSA) is 37.9 Å². The number of imidazole rings is 1. The van der Waals surface area contributed by atoms with Crippen molar-refractivity contribution in [2.24, 2.45) is 0 Å². The fraction of sp³-hybridized carbons (Fsp3) is 0. The third-order valence-corrected chi connectivity index (χ3v) is 3.65. The highest BCUT2D eigenvalue weighted by molar-refractivity contribution is 6.43. The molecule has 6 heteroatoms. The first-order valence-corrected chi connectivity index (χ1v) is 6.46. The largest absolute Gasteiger partial charge is 0.454 e. The Morgan fingerprint density at radius 1 is 1.11 bits per heavy atom. The van der Waals surface area contributed by atoms with Crippen LogP contribution in [0, 0.1) is 0 Å². The number of aromatic nitrogens is 2. The molecule has 1 heterocycles. The molecule has 3 rings (SSSR count). The Bertz CT molecular complexity index is 804. The number of H-pyrrole nitrogens is 1. The quantitative estimate of drug-likeness (QED) is 0.695. The molecule has 0 amide bonds. The van der Waals surface area contributed by atoms with Crippen LogP contribution in [0.1, 0.15) is 1.37 Å². The van der Waals surface area contributed by atoms with Gasteiger partial charge in [-0.15, -0.1) is 0 Å². The Morgan fingerprint density at radius 2 is 1.95 bits per heavy atom. The van der Waals surface area contributed by atoms with Gasteiger partial charge in [0, 0.05) is 6.07 Å². The van der Waals surface area contributed by atoms with E-state index in [-0.39, 0.29) is 6.30 Å². The molecule has 19 heavy (non-hydrogen) atoms. The van der Waals surface area contributed by atoms with Crippen LogP contribution >= 0.6 is 34.8 Å². The van der Waals surface area contributed by atoms with Crippen LogP contribution in [-0.2, 0) is 0 Å². The van der Waals surface area contributed by atoms with Crippen LogP contribution in [0.4, 0.5) is 0 Å². The molecule has 1 aromatic heterocycles. The van der Waals surface area contributed by atoms with Crippen molar-refractivity contribution in [2.75, 3.05) is 0 Å². The molecular weight excluding hydrogens is 307 g/mol. The molecule has 0 aliphatic rings. The van der Waals surface area contributed by atoms with E-state index >= 15 is 0 Å². The second-order valence-electron chi connectivity index (χ2n) is 3.80. The minimum Gasteiger partial charge on any atom is -0.454 e. The summed E-state index contributed by atoms with van der Waals surface area (Å²) in [5.41, 5.74) is 1.26. The summed E-state index contributed by atoms with van der Waals surface area (Å²) in [6, 6.07) is 8.38. The Kier molecular flexibility index (Phi) is 2.96. The molecule has 0 fully saturated rings. The third-order valence-electron chi connectivity index (χ3n) is 2.55. The van der Waals surface area contributed by atoms with Gasteiger partial charge in [0.05, 0.1) is 27.4 Å². The first kappa shape index (κ1) is 11.4. The molecule has 0 unspecified atom stereocenters. The number of ether oxygens (including phenoxy) is 1. The Morgan fingerprint density at radius 3 is 2.79 bits per heavy atom. The van der Waals surface area contributed by atoms with Crippen LogP contribution in [0.2, 0.25) is 15.1 Å². The van der Waals surface area contributed by atoms with Crippen molar-refractivity contribution < 1.29 is 6.11 Å². The van der Waals surface area contributed by atoms with Gasteiger partial charge in [0.15, 0.2) is 0 Å². The van der Waals surface area contributed by atoms with E-state index in [0.717, 1.165) is 0 Å². The van der Waals surface area contributed by atoms with Crippen molar-refractivity contribution in [1.29, 1.82) is 0 Å². The summed E-state index contributed by atoms with van der Waals surface area (Å²) in [7, 11) is 0. The summed E-state index contributed by atoms with van der Waals surface area (Å²) in [6.45, 7) is 0. The standard InChI is InChI=1S/C13H7Cl3N2O/c14-7-2-1-3-11(13(7)16)19-12-5-10-9(4-8(12)15)17-6-18-10/h1-6H,(H,17,18)/i6T. The van der Waals surface area contributed by atoms with E-state index in [0.29, 0.717) is 37.6 Å². The SMILES string of the molecule is [3H]c1nc2cc(Oc3cccc(Cl)c3Cl)c(Cl)cc2[nH]1. The number of fused-ring (bicyclic) bond motifs is 1. The van der Waals surface area contributed by atoms with Gasteiger partial charge in [-0.25, -0.2) is 4.98 Å². The van der Waals surface area contributed by atoms with Crippen LogP contribution in [0.3, 0.4) is 0 Å². The van der Waals surface area contributed by atoms with Gasteiger partial charge < -0.3 is 9.72 Å². The molecule has 0 aliphatic carbocycles. The zero-order valence-corrected chi connectivity index (χ0v) is 11.6. The number of hydrogen-bond acceptors (Lipinski definition) is 2. The summed E-state index contributed by atoms with van der Waals surface area (Å²) in [5, 5.41) is 1.10. The number of benzene rings is 2. The highest BCUT2D eigenvalue weighted by Gasteiger charge is 2.11. The summed E-state index contributed by atoms with van der Waals surface area (Å²) < 4.78 is 13.1. The predicted octanol–water partition coefficient (Wildman–Crippen LogP) is 5.32. The maximum Gasteiger partial charge on any atom is 0.148 e. The lowest BCUT2D eigenvalue weighted by atomic mass is 10.3. The summed E-state index contributed by atoms with van der Waals surface area (Å²) in [4.78, 5) is 6.79. The van der Waals surface area contributed by atoms with Crippen LogP contribution in [0.25, 0.3) is 11.0 Å². The minimum absolute atomic E-state index is 0.0639. The molecule has 0 saturated heterocycles. The van der Waals surface area contributed by atoms with Gasteiger partial charge in [0.25, 0.3) is 0 Å². The van der Waals surface area contributed by atoms with Gasteiger partial charge >= 0.3 is 0 Å². The van der Waals surface area contributed by atoms with Crippen molar-refractivity contribution in [3.8, 4) is 11.5 Å². The van der Waals surface area contributed by atoms with Crippen LogP contribution in [0.15, 0.2) is 36.6 Å². The van der Waals surface area contributed by atoms with E-state index in [1.165, 1.54) is 0 Å². The first-order valence-electron chi connectivity index (χ1n) is 5.82. The predicted molar refractivity (Wildman–Crippen MR) is 77.6 cm³/mol. The van der Waals surface area contributed by atoms with E-state index in [1.807, 2.05) is 0 Å². The van der Waals surface area contributed by atoms with Crippen LogP contribution in [0.5, 0.6) is 11.5 Å². The molecule has 1 N–H and O–H groups in total. The van der Waals surface area contributed by atoms with E-state index in [9.17, 15) is 0 Å². The fourth-order valence-electron chi connectivity index (χ4n) is 1.64. The van der Waals surface area contributed by atoms with E-state index in [1.54, 1.807) is 30.3 Å². The van der Waals surface area contributed by atoms with Gasteiger partial charge in [-0.1, -0.05) is 40.9 Å². The smallest absolute Gasteiger partial charge is 0.148 e. The lowest BCUT2D eigenvalue weighted by Gasteiger charge is -2.09. The lowest BCUT2D eigenvalue weighted by Crippen LogP contribution is -1.87. The average molecular weight is 316 g/mol. The maximum atomic E-state index is 7.46. The number of rotatable bonds is 2. The Hall–Kier alpha value is -1.42. The molecule has 3 nitrogen and oxygen atoms in total. The molecule has 0 radical (unpaired) electrons. The van der Waals surface area contributed by atoms with E-state index in [4.69, 9.17) is 40.9 Å². The first-order chi connectivity index (χ1) is 9.54. The van der Waals surface area contributed by atoms with E-state index < -0.39 is 0 Å². The highest BCUT2D eigenvalue weighted by Crippen LogP contribution is 2.38. The second kappa shape index (κ2) is 4.93. The monoisotopic (exact) mass is 314 g/mol. The molecule has 0 saturated carbocycles. The fourth-order valence-corrected chi connectivity index (χ4v) is 2.18. The zero-order valence-electron chi connectivity index (χ0n) is 10.4. The van der Waals surface area contributed by atoms with Crippen molar-refractivity contribution in [1.82, 2.24) is 9.97 Å². The normalized spacial score (nSPS) is 11.6. The Labute approximate surface area is 125 Å². The van der Waals surface area contributed by atoms with E-state index in [2.05, 4.69) is 9.97 Å². The molecule has 0 spiro atoms. The average Bonchev–Trinajstić information content (AvgIpc) is 2.74. The molecule has 0 aliphatic heterocycles. The zero-order chi connectivity index (χ0) is 14.3. The minimum atomic E-state index is 0.0639. The van der Waals surface area contributed by atoms with Crippen molar-refractivity contribution in [2.45, 2.75) is 0 Å². The van der Waals surface area contributed by atoms with Gasteiger partial charge in [0.2, 0.25) is 0 Å². The third kappa shape index (κ3) is 2.37. The molecule has 96 valence electrons. The molecule has 0 bridgehead atoms. The van der Waals surface area contributed by atoms with Crippen LogP contribution < -0.4 is 4.74 Å². The maximum absolute atomic E-state index is 7.46. The van der Waals surface area contributed by atoms with Gasteiger partial charge in [0.1, 0.15) is 17.9 Å². The van der Waals surface area contributed by atoms with Gasteiger partial charge in [-0.05, 0) is 18.2 Å². The second-order valence-corrected chi connectivity index (χ2v) is 4.99. The number of nitrogens with zero attached hydrogens (tertiary/aromatic N) is 1. The Balaban J connectivity index is 2.05. The number of halogens is 3. The van der Waals surface area contributed by atoms with Gasteiger partial charge in [-0.3, -0.25) is 0 Å². The van der Waals surface area contributed by atoms with Crippen molar-refractivity contribution in [3.05, 3.63) is 51.7 Å². The van der Waals surface area contributed by atoms with Crippen LogP contribution in [-0.4, -0.2) is 9.97 Å². The number of aromatic amines is 1. The number of hydrogen-bond donors (Lipinski definition) is 1. The van der Waals surface area contributed by atoms with Crippen molar-refractivity contribution in [3.63, 3.8) is 0 Å². The highest BCUT2D eigenvalue weighted by atomic mass is 35.5. The lowest BCUT2D eigenvalue weighted by molar-refractivity contribution is 0.484. The molecule has 2 aromatic carbocycles. The van der Waals surface area contributed by atoms with Crippen molar-refractivity contribution >= 4 is 45.8 Å². The van der Waals surface area contributed by atoms with Gasteiger partial charge in [-0.2, -0.15) is 0 Å². The summed E-state index contributed by atoms with van der Waals surface area (Å²) in [6.07, 6.45) is 0.0639. The summed E-state index contributed by atoms with van der Waals surface area (Å²) >= 11 is 18.1. The summed E-state index contributed by atoms with van der Waals surface area (Å²) in [5.74, 6) is 0.803. The number of nitrogens with one attached hydrogen (secondary N) is 1. The molecule has 0 atom stereocenters. The molecular formula is C13H7Cl3N2O. The molecule has 3 aromatic rings.